The highest BCUT2D eigenvalue weighted by Gasteiger charge is 2.09. The Kier molecular flexibility index (Phi) is 5.11. The van der Waals surface area contributed by atoms with Crippen molar-refractivity contribution in [1.29, 1.82) is 0 Å². The molecule has 21 heavy (non-hydrogen) atoms. The van der Waals surface area contributed by atoms with E-state index in [1.807, 2.05) is 24.3 Å². The molecule has 2 aromatic rings. The molecule has 0 bridgehead atoms. The first-order valence-electron chi connectivity index (χ1n) is 6.78. The van der Waals surface area contributed by atoms with Crippen molar-refractivity contribution in [1.82, 2.24) is 9.97 Å². The number of benzene rings is 1. The zero-order valence-electron chi connectivity index (χ0n) is 12.0. The van der Waals surface area contributed by atoms with Crippen LogP contribution in [0.5, 0.6) is 0 Å². The Bertz CT molecular complexity index is 611. The first-order valence-corrected chi connectivity index (χ1v) is 7.15. The molecule has 110 valence electrons. The van der Waals surface area contributed by atoms with E-state index in [0.717, 1.165) is 18.8 Å². The second-order valence-corrected chi connectivity index (χ2v) is 4.79. The molecule has 1 amide bonds. The number of anilines is 2. The van der Waals surface area contributed by atoms with Crippen LogP contribution < -0.4 is 10.2 Å². The molecule has 5 nitrogen and oxygen atoms in total. The molecule has 0 aliphatic rings. The van der Waals surface area contributed by atoms with Crippen molar-refractivity contribution in [3.63, 3.8) is 0 Å². The molecule has 0 aliphatic heterocycles. The molecule has 2 rings (SSSR count). The van der Waals surface area contributed by atoms with Crippen molar-refractivity contribution in [3.8, 4) is 0 Å². The summed E-state index contributed by atoms with van der Waals surface area (Å²) in [5.41, 5.74) is 2.02. The monoisotopic (exact) mass is 304 g/mol. The van der Waals surface area contributed by atoms with Crippen LogP contribution in [0.4, 0.5) is 11.4 Å². The molecule has 0 fully saturated rings. The number of nitrogens with zero attached hydrogens (tertiary/aromatic N) is 3. The summed E-state index contributed by atoms with van der Waals surface area (Å²) in [6.45, 7) is 6.11. The molecule has 1 heterocycles. The number of halogens is 1. The van der Waals surface area contributed by atoms with E-state index >= 15 is 0 Å². The topological polar surface area (TPSA) is 58.1 Å². The molecule has 0 unspecified atom stereocenters. The molecular weight excluding hydrogens is 288 g/mol. The highest BCUT2D eigenvalue weighted by molar-refractivity contribution is 6.29. The maximum absolute atomic E-state index is 12.0. The van der Waals surface area contributed by atoms with Gasteiger partial charge in [-0.3, -0.25) is 9.78 Å². The molecule has 0 aliphatic carbocycles. The van der Waals surface area contributed by atoms with E-state index in [0.29, 0.717) is 5.69 Å². The summed E-state index contributed by atoms with van der Waals surface area (Å²) in [4.78, 5) is 22.0. The second kappa shape index (κ2) is 7.04. The van der Waals surface area contributed by atoms with E-state index in [1.54, 1.807) is 0 Å². The molecule has 0 saturated carbocycles. The predicted octanol–water partition coefficient (Wildman–Crippen LogP) is 3.23. The largest absolute Gasteiger partial charge is 0.372 e. The standard InChI is InChI=1S/C15H17ClN4O/c1-3-20(4-2)12-7-5-11(6-8-12)18-15(21)13-9-17-10-14(16)19-13/h5-10H,3-4H2,1-2H3,(H,18,21). The summed E-state index contributed by atoms with van der Waals surface area (Å²) in [5, 5.41) is 2.96. The third-order valence-electron chi connectivity index (χ3n) is 3.09. The fourth-order valence-electron chi connectivity index (χ4n) is 1.99. The lowest BCUT2D eigenvalue weighted by molar-refractivity contribution is 0.102. The molecule has 0 spiro atoms. The molecule has 1 aromatic heterocycles. The van der Waals surface area contributed by atoms with Crippen molar-refractivity contribution in [2.75, 3.05) is 23.3 Å². The van der Waals surface area contributed by atoms with Crippen LogP contribution in [0.1, 0.15) is 24.3 Å². The van der Waals surface area contributed by atoms with Crippen LogP contribution in [-0.4, -0.2) is 29.0 Å². The third-order valence-corrected chi connectivity index (χ3v) is 3.27. The van der Waals surface area contributed by atoms with Crippen LogP contribution in [0.25, 0.3) is 0 Å². The van der Waals surface area contributed by atoms with E-state index < -0.39 is 0 Å². The average molecular weight is 305 g/mol. The molecule has 0 radical (unpaired) electrons. The van der Waals surface area contributed by atoms with Crippen LogP contribution in [0, 0.1) is 0 Å². The molecule has 0 saturated heterocycles. The minimum absolute atomic E-state index is 0.190. The van der Waals surface area contributed by atoms with Gasteiger partial charge in [0.15, 0.2) is 0 Å². The van der Waals surface area contributed by atoms with Gasteiger partial charge in [0.05, 0.1) is 12.4 Å². The maximum Gasteiger partial charge on any atom is 0.275 e. The van der Waals surface area contributed by atoms with Crippen molar-refractivity contribution >= 4 is 28.9 Å². The molecule has 0 atom stereocenters. The SMILES string of the molecule is CCN(CC)c1ccc(NC(=O)c2cncc(Cl)n2)cc1. The van der Waals surface area contributed by atoms with Crippen molar-refractivity contribution in [2.24, 2.45) is 0 Å². The number of rotatable bonds is 5. The van der Waals surface area contributed by atoms with Crippen molar-refractivity contribution in [2.45, 2.75) is 13.8 Å². The fourth-order valence-corrected chi connectivity index (χ4v) is 2.14. The van der Waals surface area contributed by atoms with Crippen LogP contribution in [-0.2, 0) is 0 Å². The second-order valence-electron chi connectivity index (χ2n) is 4.40. The van der Waals surface area contributed by atoms with Gasteiger partial charge >= 0.3 is 0 Å². The Balaban J connectivity index is 2.08. The number of aromatic nitrogens is 2. The Labute approximate surface area is 129 Å². The Morgan fingerprint density at radius 3 is 2.43 bits per heavy atom. The fraction of sp³-hybridized carbons (Fsp3) is 0.267. The average Bonchev–Trinajstić information content (AvgIpc) is 2.50. The minimum atomic E-state index is -0.333. The number of hydrogen-bond donors (Lipinski definition) is 1. The van der Waals surface area contributed by atoms with Crippen LogP contribution in [0.15, 0.2) is 36.7 Å². The van der Waals surface area contributed by atoms with E-state index in [2.05, 4.69) is 34.0 Å². The van der Waals surface area contributed by atoms with Gasteiger partial charge in [0.1, 0.15) is 10.8 Å². The third kappa shape index (κ3) is 3.92. The molecule has 1 N–H and O–H groups in total. The van der Waals surface area contributed by atoms with Crippen molar-refractivity contribution < 1.29 is 4.79 Å². The highest BCUT2D eigenvalue weighted by Crippen LogP contribution is 2.18. The van der Waals surface area contributed by atoms with Crippen molar-refractivity contribution in [3.05, 3.63) is 47.5 Å². The normalized spacial score (nSPS) is 10.2. The Hall–Kier alpha value is -2.14. The molecule has 1 aromatic carbocycles. The van der Waals surface area contributed by atoms with Gasteiger partial charge in [-0.1, -0.05) is 11.6 Å². The Morgan fingerprint density at radius 2 is 1.86 bits per heavy atom. The first-order chi connectivity index (χ1) is 10.1. The molecular formula is C15H17ClN4O. The van der Waals surface area contributed by atoms with Gasteiger partial charge in [0, 0.05) is 24.5 Å². The summed E-state index contributed by atoms with van der Waals surface area (Å²) >= 11 is 5.72. The van der Waals surface area contributed by atoms with E-state index in [-0.39, 0.29) is 16.8 Å². The summed E-state index contributed by atoms with van der Waals surface area (Å²) in [6.07, 6.45) is 2.77. The summed E-state index contributed by atoms with van der Waals surface area (Å²) < 4.78 is 0. The summed E-state index contributed by atoms with van der Waals surface area (Å²) in [7, 11) is 0. The number of amides is 1. The molecule has 6 heteroatoms. The van der Waals surface area contributed by atoms with E-state index in [9.17, 15) is 4.79 Å². The van der Waals surface area contributed by atoms with Crippen LogP contribution in [0.2, 0.25) is 5.15 Å². The van der Waals surface area contributed by atoms with Crippen LogP contribution in [0.3, 0.4) is 0 Å². The van der Waals surface area contributed by atoms with Gasteiger partial charge < -0.3 is 10.2 Å². The van der Waals surface area contributed by atoms with Gasteiger partial charge in [0.2, 0.25) is 0 Å². The lowest BCUT2D eigenvalue weighted by atomic mass is 10.2. The summed E-state index contributed by atoms with van der Waals surface area (Å²) in [5.74, 6) is -0.333. The van der Waals surface area contributed by atoms with E-state index in [4.69, 9.17) is 11.6 Å². The quantitative estimate of drug-likeness (QED) is 0.921. The summed E-state index contributed by atoms with van der Waals surface area (Å²) in [6, 6.07) is 7.69. The zero-order chi connectivity index (χ0) is 15.2. The van der Waals surface area contributed by atoms with Gasteiger partial charge in [-0.05, 0) is 38.1 Å². The Morgan fingerprint density at radius 1 is 1.19 bits per heavy atom. The van der Waals surface area contributed by atoms with Gasteiger partial charge in [-0.15, -0.1) is 0 Å². The van der Waals surface area contributed by atoms with Gasteiger partial charge in [-0.25, -0.2) is 4.98 Å². The lowest BCUT2D eigenvalue weighted by Crippen LogP contribution is -2.21. The number of carbonyl (C=O) groups excluding carboxylic acids is 1. The number of carbonyl (C=O) groups is 1. The smallest absolute Gasteiger partial charge is 0.275 e. The highest BCUT2D eigenvalue weighted by atomic mass is 35.5. The van der Waals surface area contributed by atoms with Gasteiger partial charge in [-0.2, -0.15) is 0 Å². The number of nitrogens with one attached hydrogen (secondary N) is 1. The lowest BCUT2D eigenvalue weighted by Gasteiger charge is -2.21. The van der Waals surface area contributed by atoms with Gasteiger partial charge in [0.25, 0.3) is 5.91 Å². The predicted molar refractivity (Wildman–Crippen MR) is 85.0 cm³/mol. The van der Waals surface area contributed by atoms with Crippen LogP contribution >= 0.6 is 11.6 Å². The van der Waals surface area contributed by atoms with E-state index in [1.165, 1.54) is 12.4 Å². The maximum atomic E-state index is 12.0. The minimum Gasteiger partial charge on any atom is -0.372 e. The number of hydrogen-bond acceptors (Lipinski definition) is 4. The first kappa shape index (κ1) is 15.3. The zero-order valence-corrected chi connectivity index (χ0v) is 12.8.